The third-order valence-electron chi connectivity index (χ3n) is 3.89. The lowest BCUT2D eigenvalue weighted by Gasteiger charge is -2.26. The number of carboxylic acid groups (broad SMARTS) is 3. The van der Waals surface area contributed by atoms with Gasteiger partial charge in [0.1, 0.15) is 12.1 Å². The molecule has 3 amide bonds. The fraction of sp³-hybridized carbons (Fsp3) is 0.647. The van der Waals surface area contributed by atoms with Gasteiger partial charge in [0, 0.05) is 19.4 Å². The van der Waals surface area contributed by atoms with Crippen LogP contribution in [0.15, 0.2) is 0 Å². The monoisotopic (exact) mass is 417 g/mol. The summed E-state index contributed by atoms with van der Waals surface area (Å²) in [7, 11) is 0. The van der Waals surface area contributed by atoms with Crippen molar-refractivity contribution in [1.82, 2.24) is 16.0 Å². The molecule has 0 spiro atoms. The Morgan fingerprint density at radius 3 is 1.55 bits per heavy atom. The molecule has 0 fully saturated rings. The van der Waals surface area contributed by atoms with Gasteiger partial charge in [-0.3, -0.25) is 28.8 Å². The zero-order valence-electron chi connectivity index (χ0n) is 16.4. The van der Waals surface area contributed by atoms with Crippen LogP contribution in [0.2, 0.25) is 0 Å². The summed E-state index contributed by atoms with van der Waals surface area (Å²) in [6.45, 7) is 4.54. The lowest BCUT2D eigenvalue weighted by Crippen LogP contribution is -2.56. The van der Waals surface area contributed by atoms with Crippen molar-refractivity contribution < 1.29 is 44.1 Å². The first-order valence-electron chi connectivity index (χ1n) is 8.86. The normalized spacial score (nSPS) is 13.7. The minimum absolute atomic E-state index is 0.0972. The highest BCUT2D eigenvalue weighted by atomic mass is 16.4. The van der Waals surface area contributed by atoms with Crippen LogP contribution in [0.5, 0.6) is 0 Å². The topological polar surface area (TPSA) is 199 Å². The van der Waals surface area contributed by atoms with Crippen molar-refractivity contribution in [2.45, 2.75) is 64.6 Å². The van der Waals surface area contributed by atoms with Crippen molar-refractivity contribution in [2.75, 3.05) is 0 Å². The first kappa shape index (κ1) is 25.8. The molecule has 12 heteroatoms. The number of aliphatic carboxylic acids is 3. The Labute approximate surface area is 167 Å². The molecule has 0 aliphatic carbocycles. The van der Waals surface area contributed by atoms with Gasteiger partial charge in [-0.25, -0.2) is 0 Å². The zero-order chi connectivity index (χ0) is 22.7. The fourth-order valence-corrected chi connectivity index (χ4v) is 2.42. The summed E-state index contributed by atoms with van der Waals surface area (Å²) in [5, 5.41) is 33.5. The summed E-state index contributed by atoms with van der Waals surface area (Å²) in [5.74, 6) is -6.58. The van der Waals surface area contributed by atoms with Gasteiger partial charge in [0.15, 0.2) is 0 Å². The molecule has 0 saturated heterocycles. The first-order valence-corrected chi connectivity index (χ1v) is 8.86. The molecule has 0 aliphatic heterocycles. The second-order valence-corrected chi connectivity index (χ2v) is 6.80. The van der Waals surface area contributed by atoms with E-state index in [-0.39, 0.29) is 18.8 Å². The average Bonchev–Trinajstić information content (AvgIpc) is 2.55. The number of carboxylic acids is 3. The van der Waals surface area contributed by atoms with Crippen LogP contribution in [-0.2, 0) is 28.8 Å². The standard InChI is InChI=1S/C17H27N3O9/c1-8(2)10(4-5-13(22)23)19-17(29)12(7-15(26)27)20-16(28)11(6-14(24)25)18-9(3)21/h8,10-12H,4-7H2,1-3H3,(H,18,21)(H,19,29)(H,20,28)(H,22,23)(H,24,25)(H,26,27)/t10-,11-,12-/m0/s1. The Hall–Kier alpha value is -3.18. The molecule has 0 aromatic heterocycles. The highest BCUT2D eigenvalue weighted by Crippen LogP contribution is 2.10. The smallest absolute Gasteiger partial charge is 0.305 e. The maximum absolute atomic E-state index is 12.5. The number of nitrogens with one attached hydrogen (secondary N) is 3. The Morgan fingerprint density at radius 1 is 0.724 bits per heavy atom. The van der Waals surface area contributed by atoms with Gasteiger partial charge in [-0.2, -0.15) is 0 Å². The van der Waals surface area contributed by atoms with Crippen molar-refractivity contribution in [3.8, 4) is 0 Å². The van der Waals surface area contributed by atoms with Gasteiger partial charge in [0.25, 0.3) is 0 Å². The van der Waals surface area contributed by atoms with Gasteiger partial charge in [-0.15, -0.1) is 0 Å². The molecular weight excluding hydrogens is 390 g/mol. The van der Waals surface area contributed by atoms with E-state index in [2.05, 4.69) is 16.0 Å². The molecule has 0 radical (unpaired) electrons. The summed E-state index contributed by atoms with van der Waals surface area (Å²) in [5.41, 5.74) is 0. The Morgan fingerprint density at radius 2 is 1.17 bits per heavy atom. The summed E-state index contributed by atoms with van der Waals surface area (Å²) >= 11 is 0. The van der Waals surface area contributed by atoms with E-state index in [1.54, 1.807) is 13.8 Å². The number of hydrogen-bond donors (Lipinski definition) is 6. The molecule has 0 rings (SSSR count). The zero-order valence-corrected chi connectivity index (χ0v) is 16.4. The van der Waals surface area contributed by atoms with Crippen molar-refractivity contribution in [1.29, 1.82) is 0 Å². The maximum atomic E-state index is 12.5. The van der Waals surface area contributed by atoms with E-state index in [4.69, 9.17) is 15.3 Å². The molecule has 0 saturated carbocycles. The molecule has 0 aromatic rings. The number of amides is 3. The minimum Gasteiger partial charge on any atom is -0.481 e. The van der Waals surface area contributed by atoms with Gasteiger partial charge < -0.3 is 31.3 Å². The third-order valence-corrected chi connectivity index (χ3v) is 3.89. The van der Waals surface area contributed by atoms with Crippen LogP contribution >= 0.6 is 0 Å². The van der Waals surface area contributed by atoms with Gasteiger partial charge >= 0.3 is 17.9 Å². The third kappa shape index (κ3) is 11.3. The van der Waals surface area contributed by atoms with Crippen LogP contribution in [0.3, 0.4) is 0 Å². The molecule has 0 bridgehead atoms. The maximum Gasteiger partial charge on any atom is 0.305 e. The summed E-state index contributed by atoms with van der Waals surface area (Å²) in [4.78, 5) is 68.7. The van der Waals surface area contributed by atoms with Gasteiger partial charge in [-0.1, -0.05) is 13.8 Å². The van der Waals surface area contributed by atoms with Gasteiger partial charge in [-0.05, 0) is 12.3 Å². The molecule has 0 aliphatic rings. The molecule has 0 unspecified atom stereocenters. The van der Waals surface area contributed by atoms with E-state index in [1.165, 1.54) is 0 Å². The molecule has 6 N–H and O–H groups in total. The largest absolute Gasteiger partial charge is 0.481 e. The van der Waals surface area contributed by atoms with Crippen molar-refractivity contribution >= 4 is 35.6 Å². The van der Waals surface area contributed by atoms with Gasteiger partial charge in [0.2, 0.25) is 17.7 Å². The molecule has 12 nitrogen and oxygen atoms in total. The van der Waals surface area contributed by atoms with E-state index in [1.807, 2.05) is 0 Å². The predicted molar refractivity (Wildman–Crippen MR) is 97.7 cm³/mol. The van der Waals surface area contributed by atoms with E-state index in [9.17, 15) is 28.8 Å². The quantitative estimate of drug-likeness (QED) is 0.216. The van der Waals surface area contributed by atoms with E-state index in [0.717, 1.165) is 6.92 Å². The Balaban J connectivity index is 5.33. The highest BCUT2D eigenvalue weighted by molar-refractivity contribution is 5.95. The number of hydrogen-bond acceptors (Lipinski definition) is 6. The van der Waals surface area contributed by atoms with Gasteiger partial charge in [0.05, 0.1) is 12.8 Å². The van der Waals surface area contributed by atoms with Crippen molar-refractivity contribution in [3.05, 3.63) is 0 Å². The molecule has 3 atom stereocenters. The van der Waals surface area contributed by atoms with Crippen LogP contribution < -0.4 is 16.0 Å². The molecule has 0 aromatic carbocycles. The van der Waals surface area contributed by atoms with E-state index in [0.29, 0.717) is 0 Å². The number of carbonyl (C=O) groups excluding carboxylic acids is 3. The molecule has 29 heavy (non-hydrogen) atoms. The number of carbonyl (C=O) groups is 6. The lowest BCUT2D eigenvalue weighted by atomic mass is 9.98. The summed E-state index contributed by atoms with van der Waals surface area (Å²) in [6.07, 6.45) is -1.68. The predicted octanol–water partition coefficient (Wildman–Crippen LogP) is -1.07. The first-order chi connectivity index (χ1) is 13.3. The number of rotatable bonds is 13. The van der Waals surface area contributed by atoms with Crippen LogP contribution in [0.25, 0.3) is 0 Å². The van der Waals surface area contributed by atoms with Crippen LogP contribution in [0, 0.1) is 5.92 Å². The van der Waals surface area contributed by atoms with Crippen molar-refractivity contribution in [3.63, 3.8) is 0 Å². The van der Waals surface area contributed by atoms with E-state index >= 15 is 0 Å². The molecular formula is C17H27N3O9. The SMILES string of the molecule is CC(=O)N[C@@H](CC(=O)O)C(=O)N[C@@H](CC(=O)O)C(=O)N[C@@H](CCC(=O)O)C(C)C. The van der Waals surface area contributed by atoms with Crippen molar-refractivity contribution in [2.24, 2.45) is 5.92 Å². The second kappa shape index (κ2) is 12.3. The molecule has 0 heterocycles. The minimum atomic E-state index is -1.55. The average molecular weight is 417 g/mol. The summed E-state index contributed by atoms with van der Waals surface area (Å²) in [6, 6.07) is -3.63. The fourth-order valence-electron chi connectivity index (χ4n) is 2.42. The molecule has 164 valence electrons. The van der Waals surface area contributed by atoms with Crippen LogP contribution in [0.1, 0.15) is 46.5 Å². The van der Waals surface area contributed by atoms with E-state index < -0.39 is 66.6 Å². The highest BCUT2D eigenvalue weighted by Gasteiger charge is 2.30. The summed E-state index contributed by atoms with van der Waals surface area (Å²) < 4.78 is 0. The second-order valence-electron chi connectivity index (χ2n) is 6.80. The van der Waals surface area contributed by atoms with Crippen LogP contribution in [-0.4, -0.2) is 69.1 Å². The Bertz CT molecular complexity index is 632. The lowest BCUT2D eigenvalue weighted by molar-refractivity contribution is -0.143. The van der Waals surface area contributed by atoms with Crippen LogP contribution in [0.4, 0.5) is 0 Å². The Kier molecular flexibility index (Phi) is 11.0.